The van der Waals surface area contributed by atoms with Crippen molar-refractivity contribution in [2.24, 2.45) is 0 Å². The predicted octanol–water partition coefficient (Wildman–Crippen LogP) is 3.73. The average Bonchev–Trinajstić information content (AvgIpc) is 3.45. The fourth-order valence-electron chi connectivity index (χ4n) is 3.67. The highest BCUT2D eigenvalue weighted by Crippen LogP contribution is 2.34. The fraction of sp³-hybridized carbons (Fsp3) is 0.263. The van der Waals surface area contributed by atoms with Crippen LogP contribution >= 0.6 is 11.3 Å². The van der Waals surface area contributed by atoms with Gasteiger partial charge in [0.25, 0.3) is 5.91 Å². The SMILES string of the molecule is Cc1nonc1C1CCCN1C(=O)c1csc2nc(-c3ccccc3)cn12. The molecule has 1 unspecified atom stereocenters. The maximum Gasteiger partial charge on any atom is 0.272 e. The summed E-state index contributed by atoms with van der Waals surface area (Å²) >= 11 is 1.48. The minimum atomic E-state index is -0.0872. The lowest BCUT2D eigenvalue weighted by atomic mass is 10.1. The number of amides is 1. The Kier molecular flexibility index (Phi) is 3.78. The maximum atomic E-state index is 13.3. The van der Waals surface area contributed by atoms with Crippen LogP contribution < -0.4 is 0 Å². The zero-order valence-electron chi connectivity index (χ0n) is 14.7. The van der Waals surface area contributed by atoms with Crippen LogP contribution in [0.4, 0.5) is 0 Å². The van der Waals surface area contributed by atoms with Gasteiger partial charge in [-0.15, -0.1) is 11.3 Å². The molecule has 0 bridgehead atoms. The zero-order chi connectivity index (χ0) is 18.4. The van der Waals surface area contributed by atoms with Gasteiger partial charge in [0, 0.05) is 23.7 Å². The summed E-state index contributed by atoms with van der Waals surface area (Å²) in [6.07, 6.45) is 3.74. The molecule has 0 radical (unpaired) electrons. The number of nitrogens with zero attached hydrogens (tertiary/aromatic N) is 5. The van der Waals surface area contributed by atoms with E-state index in [0.29, 0.717) is 12.2 Å². The number of carbonyl (C=O) groups excluding carboxylic acids is 1. The van der Waals surface area contributed by atoms with Gasteiger partial charge in [0.2, 0.25) is 0 Å². The maximum absolute atomic E-state index is 13.3. The van der Waals surface area contributed by atoms with Crippen molar-refractivity contribution in [3.05, 3.63) is 59.0 Å². The second kappa shape index (κ2) is 6.31. The van der Waals surface area contributed by atoms with E-state index >= 15 is 0 Å². The van der Waals surface area contributed by atoms with Crippen molar-refractivity contribution in [1.82, 2.24) is 24.6 Å². The van der Waals surface area contributed by atoms with E-state index in [2.05, 4.69) is 15.3 Å². The molecule has 1 saturated heterocycles. The quantitative estimate of drug-likeness (QED) is 0.542. The lowest BCUT2D eigenvalue weighted by Crippen LogP contribution is -2.31. The summed E-state index contributed by atoms with van der Waals surface area (Å²) in [4.78, 5) is 20.6. The highest BCUT2D eigenvalue weighted by atomic mass is 32.1. The lowest BCUT2D eigenvalue weighted by molar-refractivity contribution is 0.0723. The van der Waals surface area contributed by atoms with Crippen LogP contribution in [0.2, 0.25) is 0 Å². The third-order valence-electron chi connectivity index (χ3n) is 5.01. The minimum Gasteiger partial charge on any atom is -0.329 e. The summed E-state index contributed by atoms with van der Waals surface area (Å²) in [5.74, 6) is -0.0110. The largest absolute Gasteiger partial charge is 0.329 e. The number of aromatic nitrogens is 4. The van der Waals surface area contributed by atoms with Gasteiger partial charge < -0.3 is 4.90 Å². The van der Waals surface area contributed by atoms with E-state index in [1.54, 1.807) is 0 Å². The molecule has 0 N–H and O–H groups in total. The molecule has 1 atom stereocenters. The predicted molar refractivity (Wildman–Crippen MR) is 101 cm³/mol. The highest BCUT2D eigenvalue weighted by Gasteiger charge is 2.35. The smallest absolute Gasteiger partial charge is 0.272 e. The third kappa shape index (κ3) is 2.64. The topological polar surface area (TPSA) is 76.5 Å². The summed E-state index contributed by atoms with van der Waals surface area (Å²) in [5, 5.41) is 9.77. The van der Waals surface area contributed by atoms with Gasteiger partial charge in [0.05, 0.1) is 11.7 Å². The Balaban J connectivity index is 1.50. The van der Waals surface area contributed by atoms with Crippen LogP contribution in [0.25, 0.3) is 16.2 Å². The van der Waals surface area contributed by atoms with Crippen LogP contribution in [0.15, 0.2) is 46.5 Å². The molecule has 1 aliphatic heterocycles. The molecule has 7 nitrogen and oxygen atoms in total. The number of fused-ring (bicyclic) bond motifs is 1. The fourth-order valence-corrected chi connectivity index (χ4v) is 4.51. The number of imidazole rings is 1. The number of aryl methyl sites for hydroxylation is 1. The Bertz CT molecular complexity index is 1110. The van der Waals surface area contributed by atoms with E-state index in [9.17, 15) is 4.79 Å². The molecule has 27 heavy (non-hydrogen) atoms. The molecule has 4 heterocycles. The van der Waals surface area contributed by atoms with E-state index in [1.165, 1.54) is 11.3 Å². The number of thiazole rings is 1. The van der Waals surface area contributed by atoms with Gasteiger partial charge >= 0.3 is 0 Å². The Hall–Kier alpha value is -3.00. The van der Waals surface area contributed by atoms with Crippen molar-refractivity contribution in [3.8, 4) is 11.3 Å². The molecule has 0 aliphatic carbocycles. The van der Waals surface area contributed by atoms with E-state index in [1.807, 2.05) is 58.1 Å². The Morgan fingerprint density at radius 3 is 2.89 bits per heavy atom. The molecule has 0 saturated carbocycles. The van der Waals surface area contributed by atoms with Crippen LogP contribution in [0, 0.1) is 6.92 Å². The first kappa shape index (κ1) is 16.2. The first-order valence-corrected chi connectivity index (χ1v) is 9.72. The average molecular weight is 379 g/mol. The van der Waals surface area contributed by atoms with E-state index < -0.39 is 0 Å². The number of likely N-dealkylation sites (tertiary alicyclic amines) is 1. The van der Waals surface area contributed by atoms with E-state index in [4.69, 9.17) is 4.63 Å². The van der Waals surface area contributed by atoms with Crippen molar-refractivity contribution in [3.63, 3.8) is 0 Å². The number of hydrogen-bond donors (Lipinski definition) is 0. The molecular formula is C19H17N5O2S. The first-order valence-electron chi connectivity index (χ1n) is 8.84. The van der Waals surface area contributed by atoms with Gasteiger partial charge in [-0.05, 0) is 19.8 Å². The van der Waals surface area contributed by atoms with Gasteiger partial charge in [0.15, 0.2) is 4.96 Å². The Morgan fingerprint density at radius 1 is 1.26 bits per heavy atom. The summed E-state index contributed by atoms with van der Waals surface area (Å²) in [6.45, 7) is 2.56. The second-order valence-corrected chi connectivity index (χ2v) is 7.49. The van der Waals surface area contributed by atoms with Crippen LogP contribution in [-0.4, -0.2) is 37.0 Å². The number of carbonyl (C=O) groups is 1. The van der Waals surface area contributed by atoms with Gasteiger partial charge in [-0.3, -0.25) is 9.20 Å². The van der Waals surface area contributed by atoms with Crippen LogP contribution in [0.3, 0.4) is 0 Å². The Labute approximate surface area is 159 Å². The van der Waals surface area contributed by atoms with Gasteiger partial charge in [0.1, 0.15) is 17.1 Å². The third-order valence-corrected chi connectivity index (χ3v) is 5.85. The minimum absolute atomic E-state index is 0.0110. The van der Waals surface area contributed by atoms with Gasteiger partial charge in [-0.1, -0.05) is 40.6 Å². The Morgan fingerprint density at radius 2 is 2.11 bits per heavy atom. The first-order chi connectivity index (χ1) is 13.2. The van der Waals surface area contributed by atoms with E-state index in [0.717, 1.165) is 40.4 Å². The number of hydrogen-bond acceptors (Lipinski definition) is 6. The monoisotopic (exact) mass is 379 g/mol. The van der Waals surface area contributed by atoms with Crippen molar-refractivity contribution in [2.45, 2.75) is 25.8 Å². The summed E-state index contributed by atoms with van der Waals surface area (Å²) < 4.78 is 6.74. The zero-order valence-corrected chi connectivity index (χ0v) is 15.5. The molecule has 3 aromatic heterocycles. The molecule has 1 aliphatic rings. The number of benzene rings is 1. The van der Waals surface area contributed by atoms with Crippen LogP contribution in [0.1, 0.15) is 40.8 Å². The highest BCUT2D eigenvalue weighted by molar-refractivity contribution is 7.15. The van der Waals surface area contributed by atoms with Crippen molar-refractivity contribution < 1.29 is 9.42 Å². The molecule has 8 heteroatoms. The normalized spacial score (nSPS) is 17.1. The lowest BCUT2D eigenvalue weighted by Gasteiger charge is -2.22. The molecule has 4 aromatic rings. The molecule has 0 spiro atoms. The summed E-state index contributed by atoms with van der Waals surface area (Å²) in [6, 6.07) is 9.90. The molecular weight excluding hydrogens is 362 g/mol. The molecule has 1 amide bonds. The molecule has 1 aromatic carbocycles. The standard InChI is InChI=1S/C19H17N5O2S/c1-12-17(22-26-21-12)15-8-5-9-23(15)18(25)16-11-27-19-20-14(10-24(16)19)13-6-3-2-4-7-13/h2-4,6-7,10-11,15H,5,8-9H2,1H3. The molecule has 5 rings (SSSR count). The summed E-state index contributed by atoms with van der Waals surface area (Å²) in [7, 11) is 0. The van der Waals surface area contributed by atoms with Crippen LogP contribution in [-0.2, 0) is 0 Å². The number of rotatable bonds is 3. The van der Waals surface area contributed by atoms with Gasteiger partial charge in [-0.25, -0.2) is 9.61 Å². The van der Waals surface area contributed by atoms with Crippen molar-refractivity contribution >= 4 is 22.2 Å². The van der Waals surface area contributed by atoms with Crippen molar-refractivity contribution in [1.29, 1.82) is 0 Å². The van der Waals surface area contributed by atoms with E-state index in [-0.39, 0.29) is 11.9 Å². The summed E-state index contributed by atoms with van der Waals surface area (Å²) in [5.41, 5.74) is 4.03. The van der Waals surface area contributed by atoms with Crippen molar-refractivity contribution in [2.75, 3.05) is 6.54 Å². The second-order valence-electron chi connectivity index (χ2n) is 6.66. The molecule has 136 valence electrons. The van der Waals surface area contributed by atoms with Gasteiger partial charge in [-0.2, -0.15) is 0 Å². The van der Waals surface area contributed by atoms with Crippen LogP contribution in [0.5, 0.6) is 0 Å². The molecule has 1 fully saturated rings.